The topological polar surface area (TPSA) is 94.3 Å². The van der Waals surface area contributed by atoms with Crippen LogP contribution in [0.25, 0.3) is 33.5 Å². The zero-order chi connectivity index (χ0) is 22.1. The zero-order valence-corrected chi connectivity index (χ0v) is 18.0. The molecule has 2 aromatic carbocycles. The van der Waals surface area contributed by atoms with Crippen molar-refractivity contribution in [2.75, 3.05) is 0 Å². The lowest BCUT2D eigenvalue weighted by molar-refractivity contribution is 0.0937. The molecular formula is C24H23N7O. The summed E-state index contributed by atoms with van der Waals surface area (Å²) in [6, 6.07) is 16.6. The van der Waals surface area contributed by atoms with E-state index in [1.54, 1.807) is 11.5 Å². The van der Waals surface area contributed by atoms with Gasteiger partial charge in [0.05, 0.1) is 5.52 Å². The Balaban J connectivity index is 1.48. The first-order valence-electron chi connectivity index (χ1n) is 10.6. The van der Waals surface area contributed by atoms with E-state index in [2.05, 4.69) is 62.4 Å². The van der Waals surface area contributed by atoms with Gasteiger partial charge in [0.25, 0.3) is 0 Å². The van der Waals surface area contributed by atoms with Crippen LogP contribution in [0.2, 0.25) is 0 Å². The van der Waals surface area contributed by atoms with E-state index in [1.165, 1.54) is 5.56 Å². The van der Waals surface area contributed by atoms with Gasteiger partial charge in [0.1, 0.15) is 11.3 Å². The highest BCUT2D eigenvalue weighted by Crippen LogP contribution is 2.30. The number of carbonyl (C=O) groups excluding carboxylic acids is 1. The predicted molar refractivity (Wildman–Crippen MR) is 122 cm³/mol. The van der Waals surface area contributed by atoms with Crippen LogP contribution in [0.4, 0.5) is 0 Å². The van der Waals surface area contributed by atoms with E-state index in [0.29, 0.717) is 12.4 Å². The fraction of sp³-hybridized carbons (Fsp3) is 0.208. The largest absolute Gasteiger partial charge is 0.322 e. The average Bonchev–Trinajstić information content (AvgIpc) is 3.53. The Bertz CT molecular complexity index is 1380. The SMILES string of the molecule is CCCc1nc2cn(C(C)=O)cc2n1Cc1ccc(-c2ccccc2-c2nnn[nH]2)cc1. The molecule has 0 aliphatic carbocycles. The van der Waals surface area contributed by atoms with Gasteiger partial charge in [0.15, 0.2) is 5.82 Å². The van der Waals surface area contributed by atoms with Gasteiger partial charge in [-0.1, -0.05) is 55.5 Å². The summed E-state index contributed by atoms with van der Waals surface area (Å²) in [5.41, 5.74) is 6.11. The number of nitrogens with one attached hydrogen (secondary N) is 1. The van der Waals surface area contributed by atoms with E-state index in [1.807, 2.05) is 30.6 Å². The summed E-state index contributed by atoms with van der Waals surface area (Å²) in [6.07, 6.45) is 5.59. The van der Waals surface area contributed by atoms with Crippen LogP contribution in [0, 0.1) is 0 Å². The second-order valence-electron chi connectivity index (χ2n) is 7.81. The van der Waals surface area contributed by atoms with Crippen molar-refractivity contribution in [1.82, 2.24) is 34.7 Å². The molecule has 0 aliphatic heterocycles. The Morgan fingerprint density at radius 2 is 1.81 bits per heavy atom. The number of aromatic nitrogens is 7. The molecule has 8 heteroatoms. The third-order valence-corrected chi connectivity index (χ3v) is 5.61. The van der Waals surface area contributed by atoms with Crippen LogP contribution < -0.4 is 0 Å². The summed E-state index contributed by atoms with van der Waals surface area (Å²) >= 11 is 0. The molecule has 160 valence electrons. The number of hydrogen-bond acceptors (Lipinski definition) is 5. The minimum Gasteiger partial charge on any atom is -0.322 e. The van der Waals surface area contributed by atoms with E-state index in [-0.39, 0.29) is 5.91 Å². The Morgan fingerprint density at radius 3 is 2.50 bits per heavy atom. The van der Waals surface area contributed by atoms with Gasteiger partial charge in [-0.3, -0.25) is 9.36 Å². The summed E-state index contributed by atoms with van der Waals surface area (Å²) in [6.45, 7) is 4.40. The van der Waals surface area contributed by atoms with Gasteiger partial charge in [0, 0.05) is 37.8 Å². The van der Waals surface area contributed by atoms with Crippen molar-refractivity contribution in [3.8, 4) is 22.5 Å². The van der Waals surface area contributed by atoms with Gasteiger partial charge >= 0.3 is 0 Å². The first-order valence-corrected chi connectivity index (χ1v) is 10.6. The van der Waals surface area contributed by atoms with Gasteiger partial charge in [-0.2, -0.15) is 0 Å². The number of carbonyl (C=O) groups is 1. The van der Waals surface area contributed by atoms with Gasteiger partial charge in [-0.25, -0.2) is 10.1 Å². The standard InChI is InChI=1S/C24H23N7O/c1-3-6-23-25-21-14-30(16(2)32)15-22(21)31(23)13-17-9-11-18(12-10-17)19-7-4-5-8-20(19)24-26-28-29-27-24/h4-5,7-12,14-15H,3,6,13H2,1-2H3,(H,26,27,28,29). The fourth-order valence-corrected chi connectivity index (χ4v) is 4.03. The molecule has 0 atom stereocenters. The highest BCUT2D eigenvalue weighted by Gasteiger charge is 2.15. The molecule has 8 nitrogen and oxygen atoms in total. The van der Waals surface area contributed by atoms with Gasteiger partial charge < -0.3 is 4.57 Å². The number of imidazole rings is 1. The minimum absolute atomic E-state index is 0.0171. The van der Waals surface area contributed by atoms with Crippen LogP contribution in [0.1, 0.15) is 36.5 Å². The third-order valence-electron chi connectivity index (χ3n) is 5.61. The number of nitrogens with zero attached hydrogens (tertiary/aromatic N) is 6. The molecule has 0 radical (unpaired) electrons. The van der Waals surface area contributed by atoms with E-state index in [9.17, 15) is 4.79 Å². The molecule has 0 bridgehead atoms. The number of H-pyrrole nitrogens is 1. The van der Waals surface area contributed by atoms with Crippen molar-refractivity contribution < 1.29 is 4.79 Å². The highest BCUT2D eigenvalue weighted by molar-refractivity contribution is 5.85. The van der Waals surface area contributed by atoms with Crippen LogP contribution >= 0.6 is 0 Å². The molecule has 0 aliphatic rings. The van der Waals surface area contributed by atoms with Crippen LogP contribution in [0.3, 0.4) is 0 Å². The van der Waals surface area contributed by atoms with Crippen molar-refractivity contribution in [2.24, 2.45) is 0 Å². The maximum Gasteiger partial charge on any atom is 0.227 e. The zero-order valence-electron chi connectivity index (χ0n) is 18.0. The lowest BCUT2D eigenvalue weighted by Crippen LogP contribution is -2.07. The second kappa shape index (κ2) is 8.22. The van der Waals surface area contributed by atoms with Gasteiger partial charge in [-0.05, 0) is 33.5 Å². The predicted octanol–water partition coefficient (Wildman–Crippen LogP) is 4.35. The minimum atomic E-state index is -0.0171. The Labute approximate surface area is 184 Å². The van der Waals surface area contributed by atoms with Crippen LogP contribution in [0.5, 0.6) is 0 Å². The molecule has 3 aromatic heterocycles. The first kappa shape index (κ1) is 19.9. The smallest absolute Gasteiger partial charge is 0.227 e. The van der Waals surface area contributed by atoms with E-state index < -0.39 is 0 Å². The van der Waals surface area contributed by atoms with E-state index in [0.717, 1.165) is 46.4 Å². The maximum absolute atomic E-state index is 11.8. The van der Waals surface area contributed by atoms with Crippen molar-refractivity contribution in [1.29, 1.82) is 0 Å². The lowest BCUT2D eigenvalue weighted by atomic mass is 9.98. The fourth-order valence-electron chi connectivity index (χ4n) is 4.03. The quantitative estimate of drug-likeness (QED) is 0.437. The first-order chi connectivity index (χ1) is 15.6. The van der Waals surface area contributed by atoms with Crippen LogP contribution in [-0.2, 0) is 13.0 Å². The van der Waals surface area contributed by atoms with Crippen molar-refractivity contribution in [2.45, 2.75) is 33.2 Å². The number of fused-ring (bicyclic) bond motifs is 1. The Morgan fingerprint density at radius 1 is 1.03 bits per heavy atom. The monoisotopic (exact) mass is 425 g/mol. The van der Waals surface area contributed by atoms with Crippen LogP contribution in [-0.4, -0.2) is 40.6 Å². The Hall–Kier alpha value is -4.07. The highest BCUT2D eigenvalue weighted by atomic mass is 16.1. The number of tetrazole rings is 1. The molecule has 0 amide bonds. The summed E-state index contributed by atoms with van der Waals surface area (Å²) in [4.78, 5) is 16.6. The molecule has 0 saturated heterocycles. The van der Waals surface area contributed by atoms with Crippen LogP contribution in [0.15, 0.2) is 60.9 Å². The molecule has 0 fully saturated rings. The number of benzene rings is 2. The molecule has 0 saturated carbocycles. The number of aryl methyl sites for hydroxylation is 1. The Kier molecular flexibility index (Phi) is 5.10. The summed E-state index contributed by atoms with van der Waals surface area (Å²) in [5, 5.41) is 14.3. The molecule has 0 spiro atoms. The molecule has 32 heavy (non-hydrogen) atoms. The molecule has 3 heterocycles. The number of hydrogen-bond donors (Lipinski definition) is 1. The summed E-state index contributed by atoms with van der Waals surface area (Å²) < 4.78 is 3.81. The van der Waals surface area contributed by atoms with Crippen molar-refractivity contribution in [3.63, 3.8) is 0 Å². The van der Waals surface area contributed by atoms with Gasteiger partial charge in [-0.15, -0.1) is 5.10 Å². The normalized spacial score (nSPS) is 11.3. The maximum atomic E-state index is 11.8. The van der Waals surface area contributed by atoms with Crippen molar-refractivity contribution in [3.05, 3.63) is 72.3 Å². The molecule has 0 unspecified atom stereocenters. The molecule has 5 aromatic rings. The second-order valence-corrected chi connectivity index (χ2v) is 7.81. The van der Waals surface area contributed by atoms with E-state index >= 15 is 0 Å². The van der Waals surface area contributed by atoms with E-state index in [4.69, 9.17) is 4.98 Å². The van der Waals surface area contributed by atoms with Gasteiger partial charge in [0.2, 0.25) is 5.91 Å². The third kappa shape index (κ3) is 3.60. The summed E-state index contributed by atoms with van der Waals surface area (Å²) in [5.74, 6) is 1.67. The lowest BCUT2D eigenvalue weighted by Gasteiger charge is -2.11. The summed E-state index contributed by atoms with van der Waals surface area (Å²) in [7, 11) is 0. The molecular weight excluding hydrogens is 402 g/mol. The number of rotatable bonds is 6. The number of aromatic amines is 1. The average molecular weight is 425 g/mol. The molecule has 1 N–H and O–H groups in total. The molecule has 5 rings (SSSR count). The van der Waals surface area contributed by atoms with Crippen molar-refractivity contribution >= 4 is 16.9 Å².